The van der Waals surface area contributed by atoms with Gasteiger partial charge in [0.2, 0.25) is 0 Å². The second-order valence-corrected chi connectivity index (χ2v) is 8.17. The second kappa shape index (κ2) is 9.11. The Balaban J connectivity index is 1.36. The molecule has 0 aliphatic heterocycles. The summed E-state index contributed by atoms with van der Waals surface area (Å²) in [6.07, 6.45) is 1.59. The number of carbonyl (C=O) groups excluding carboxylic acids is 1. The van der Waals surface area contributed by atoms with Crippen molar-refractivity contribution >= 4 is 29.0 Å². The third kappa shape index (κ3) is 4.60. The highest BCUT2D eigenvalue weighted by Gasteiger charge is 2.14. The number of aromatic nitrogens is 3. The molecule has 0 saturated carbocycles. The lowest BCUT2D eigenvalue weighted by Crippen LogP contribution is -2.22. The average Bonchev–Trinajstić information content (AvgIpc) is 3.52. The molecule has 6 nitrogen and oxygen atoms in total. The van der Waals surface area contributed by atoms with E-state index < -0.39 is 0 Å². The van der Waals surface area contributed by atoms with Gasteiger partial charge in [0.05, 0.1) is 17.7 Å². The Morgan fingerprint density at radius 2 is 2.03 bits per heavy atom. The maximum Gasteiger partial charge on any atom is 0.251 e. The van der Waals surface area contributed by atoms with Gasteiger partial charge >= 0.3 is 0 Å². The molecule has 0 atom stereocenters. The number of amides is 1. The molecule has 8 heteroatoms. The van der Waals surface area contributed by atoms with Crippen LogP contribution in [0.1, 0.15) is 28.6 Å². The molecule has 4 rings (SSSR count). The molecule has 0 bridgehead atoms. The average molecular weight is 425 g/mol. The van der Waals surface area contributed by atoms with Crippen LogP contribution in [0.2, 0.25) is 0 Å². The molecule has 0 fully saturated rings. The molecule has 3 heterocycles. The molecule has 1 aromatic carbocycles. The van der Waals surface area contributed by atoms with E-state index in [9.17, 15) is 4.79 Å². The van der Waals surface area contributed by atoms with E-state index in [4.69, 9.17) is 4.42 Å². The fraction of sp³-hybridized carbons (Fsp3) is 0.190. The van der Waals surface area contributed by atoms with Crippen LogP contribution in [-0.4, -0.2) is 20.7 Å². The van der Waals surface area contributed by atoms with Crippen molar-refractivity contribution in [2.45, 2.75) is 30.9 Å². The van der Waals surface area contributed by atoms with Crippen molar-refractivity contribution in [2.75, 3.05) is 0 Å². The number of thiophene rings is 1. The molecule has 29 heavy (non-hydrogen) atoms. The van der Waals surface area contributed by atoms with Gasteiger partial charge in [-0.05, 0) is 48.2 Å². The predicted octanol–water partition coefficient (Wildman–Crippen LogP) is 4.84. The summed E-state index contributed by atoms with van der Waals surface area (Å²) in [7, 11) is 0. The largest absolute Gasteiger partial charge is 0.467 e. The maximum absolute atomic E-state index is 12.3. The smallest absolute Gasteiger partial charge is 0.251 e. The van der Waals surface area contributed by atoms with Crippen molar-refractivity contribution in [2.24, 2.45) is 0 Å². The minimum Gasteiger partial charge on any atom is -0.467 e. The lowest BCUT2D eigenvalue weighted by atomic mass is 10.1. The fourth-order valence-electron chi connectivity index (χ4n) is 2.85. The molecular weight excluding hydrogens is 404 g/mol. The first-order valence-electron chi connectivity index (χ1n) is 9.24. The van der Waals surface area contributed by atoms with Crippen LogP contribution in [0.25, 0.3) is 10.7 Å². The van der Waals surface area contributed by atoms with Gasteiger partial charge in [-0.1, -0.05) is 30.0 Å². The third-order valence-corrected chi connectivity index (χ3v) is 6.27. The topological polar surface area (TPSA) is 73.0 Å². The number of rotatable bonds is 8. The molecule has 3 aromatic heterocycles. The zero-order chi connectivity index (χ0) is 20.1. The van der Waals surface area contributed by atoms with Crippen molar-refractivity contribution < 1.29 is 9.21 Å². The van der Waals surface area contributed by atoms with Crippen LogP contribution in [0.3, 0.4) is 0 Å². The fourth-order valence-corrected chi connectivity index (χ4v) is 4.53. The zero-order valence-corrected chi connectivity index (χ0v) is 17.5. The Morgan fingerprint density at radius 3 is 2.72 bits per heavy atom. The van der Waals surface area contributed by atoms with Crippen molar-refractivity contribution in [3.8, 4) is 10.7 Å². The number of furan rings is 1. The number of thioether (sulfide) groups is 1. The van der Waals surface area contributed by atoms with Crippen molar-refractivity contribution in [1.29, 1.82) is 0 Å². The van der Waals surface area contributed by atoms with E-state index in [1.165, 1.54) is 0 Å². The summed E-state index contributed by atoms with van der Waals surface area (Å²) < 4.78 is 7.36. The molecular formula is C21H20N4O2S2. The quantitative estimate of drug-likeness (QED) is 0.410. The number of carbonyl (C=O) groups is 1. The van der Waals surface area contributed by atoms with Gasteiger partial charge in [-0.25, -0.2) is 0 Å². The lowest BCUT2D eigenvalue weighted by molar-refractivity contribution is 0.0948. The van der Waals surface area contributed by atoms with Gasteiger partial charge in [-0.3, -0.25) is 4.79 Å². The van der Waals surface area contributed by atoms with E-state index in [-0.39, 0.29) is 5.91 Å². The minimum atomic E-state index is -0.119. The third-order valence-electron chi connectivity index (χ3n) is 4.36. The van der Waals surface area contributed by atoms with Crippen molar-refractivity contribution in [1.82, 2.24) is 20.1 Å². The van der Waals surface area contributed by atoms with Gasteiger partial charge in [0.25, 0.3) is 5.91 Å². The van der Waals surface area contributed by atoms with Crippen LogP contribution >= 0.6 is 23.1 Å². The molecule has 1 amide bonds. The minimum absolute atomic E-state index is 0.119. The summed E-state index contributed by atoms with van der Waals surface area (Å²) >= 11 is 3.31. The molecule has 0 radical (unpaired) electrons. The SMILES string of the molecule is CCn1c(SCc2ccc(C(=O)NCc3ccco3)cc2)nnc1-c1cccs1. The van der Waals surface area contributed by atoms with Crippen LogP contribution < -0.4 is 5.32 Å². The monoisotopic (exact) mass is 424 g/mol. The Kier molecular flexibility index (Phi) is 6.12. The first-order valence-corrected chi connectivity index (χ1v) is 11.1. The molecule has 148 valence electrons. The van der Waals surface area contributed by atoms with E-state index in [1.807, 2.05) is 41.8 Å². The number of hydrogen-bond donors (Lipinski definition) is 1. The standard InChI is InChI=1S/C21H20N4O2S2/c1-2-25-19(18-6-4-12-28-18)23-24-21(25)29-14-15-7-9-16(10-8-15)20(26)22-13-17-5-3-11-27-17/h3-12H,2,13-14H2,1H3,(H,22,26). The summed E-state index contributed by atoms with van der Waals surface area (Å²) in [5.41, 5.74) is 1.75. The summed E-state index contributed by atoms with van der Waals surface area (Å²) in [6.45, 7) is 3.29. The maximum atomic E-state index is 12.3. The van der Waals surface area contributed by atoms with Gasteiger partial charge in [0, 0.05) is 17.9 Å². The summed E-state index contributed by atoms with van der Waals surface area (Å²) in [6, 6.07) is 15.3. The number of nitrogens with one attached hydrogen (secondary N) is 1. The van der Waals surface area contributed by atoms with Gasteiger partial charge in [0.1, 0.15) is 5.76 Å². The molecule has 0 saturated heterocycles. The molecule has 4 aromatic rings. The van der Waals surface area contributed by atoms with Gasteiger partial charge < -0.3 is 14.3 Å². The number of benzene rings is 1. The van der Waals surface area contributed by atoms with Crippen molar-refractivity contribution in [3.05, 3.63) is 77.1 Å². The van der Waals surface area contributed by atoms with Crippen LogP contribution in [0.5, 0.6) is 0 Å². The van der Waals surface area contributed by atoms with Crippen molar-refractivity contribution in [3.63, 3.8) is 0 Å². The second-order valence-electron chi connectivity index (χ2n) is 6.28. The summed E-state index contributed by atoms with van der Waals surface area (Å²) in [5, 5.41) is 14.5. The Morgan fingerprint density at radius 1 is 1.17 bits per heavy atom. The van der Waals surface area contributed by atoms with E-state index in [0.29, 0.717) is 12.1 Å². The van der Waals surface area contributed by atoms with Gasteiger partial charge in [-0.15, -0.1) is 21.5 Å². The highest BCUT2D eigenvalue weighted by molar-refractivity contribution is 7.98. The lowest BCUT2D eigenvalue weighted by Gasteiger charge is -2.07. The Bertz CT molecular complexity index is 1060. The highest BCUT2D eigenvalue weighted by atomic mass is 32.2. The van der Waals surface area contributed by atoms with E-state index in [1.54, 1.807) is 35.4 Å². The highest BCUT2D eigenvalue weighted by Crippen LogP contribution is 2.28. The zero-order valence-electron chi connectivity index (χ0n) is 15.9. The summed E-state index contributed by atoms with van der Waals surface area (Å²) in [4.78, 5) is 13.4. The Hall–Kier alpha value is -2.84. The van der Waals surface area contributed by atoms with E-state index >= 15 is 0 Å². The summed E-state index contributed by atoms with van der Waals surface area (Å²) in [5.74, 6) is 2.28. The Labute approximate surface area is 177 Å². The molecule has 0 aliphatic carbocycles. The van der Waals surface area contributed by atoms with Crippen LogP contribution in [0.4, 0.5) is 0 Å². The van der Waals surface area contributed by atoms with E-state index in [2.05, 4.69) is 33.1 Å². The van der Waals surface area contributed by atoms with Crippen LogP contribution in [0.15, 0.2) is 69.7 Å². The first-order chi connectivity index (χ1) is 14.2. The number of nitrogens with zero attached hydrogens (tertiary/aromatic N) is 3. The molecule has 0 spiro atoms. The number of hydrogen-bond acceptors (Lipinski definition) is 6. The van der Waals surface area contributed by atoms with Crippen LogP contribution in [0, 0.1) is 0 Å². The molecule has 0 aliphatic rings. The van der Waals surface area contributed by atoms with Crippen LogP contribution in [-0.2, 0) is 18.8 Å². The normalized spacial score (nSPS) is 10.9. The first kappa shape index (κ1) is 19.5. The molecule has 0 unspecified atom stereocenters. The molecule has 1 N–H and O–H groups in total. The van der Waals surface area contributed by atoms with E-state index in [0.717, 1.165) is 39.5 Å². The van der Waals surface area contributed by atoms with Gasteiger partial charge in [-0.2, -0.15) is 0 Å². The predicted molar refractivity (Wildman–Crippen MR) is 115 cm³/mol. The van der Waals surface area contributed by atoms with Gasteiger partial charge in [0.15, 0.2) is 11.0 Å².